The van der Waals surface area contributed by atoms with Crippen LogP contribution in [0, 0.1) is 10.1 Å². The Morgan fingerprint density at radius 2 is 1.44 bits per heavy atom. The van der Waals surface area contributed by atoms with E-state index in [1.807, 2.05) is 12.1 Å². The molecule has 3 aromatic carbocycles. The lowest BCUT2D eigenvalue weighted by molar-refractivity contribution is -0.385. The first-order valence-corrected chi connectivity index (χ1v) is 10.0. The molecule has 3 rings (SSSR count). The minimum Gasteiger partial charge on any atom is -0.484 e. The Kier molecular flexibility index (Phi) is 5.69. The third kappa shape index (κ3) is 3.63. The third-order valence-electron chi connectivity index (χ3n) is 4.09. The van der Waals surface area contributed by atoms with Crippen molar-refractivity contribution < 1.29 is 19.3 Å². The van der Waals surface area contributed by atoms with Crippen LogP contribution in [-0.4, -0.2) is 23.2 Å². The lowest BCUT2D eigenvalue weighted by atomic mass is 10.3. The summed E-state index contributed by atoms with van der Waals surface area (Å²) >= 11 is 0. The van der Waals surface area contributed by atoms with Crippen LogP contribution >= 0.6 is 7.14 Å². The van der Waals surface area contributed by atoms with E-state index in [0.717, 1.165) is 0 Å². The van der Waals surface area contributed by atoms with Crippen molar-refractivity contribution in [3.05, 3.63) is 89.0 Å². The molecule has 7 heteroatoms. The summed E-state index contributed by atoms with van der Waals surface area (Å²) in [6.45, 7) is -0.450. The number of nitrogens with zero attached hydrogens (tertiary/aromatic N) is 1. The molecule has 0 amide bonds. The second-order valence-electron chi connectivity index (χ2n) is 5.73. The molecule has 138 valence electrons. The van der Waals surface area contributed by atoms with E-state index < -0.39 is 12.1 Å². The molecule has 0 aliphatic heterocycles. The standard InChI is InChI=1S/C20H18NO5P/c22-14-15-26-20-18(21(23)24)12-7-13-19(20)27(25,16-8-3-1-4-9-16)17-10-5-2-6-11-17/h1-13,22H,14-15H2. The Morgan fingerprint density at radius 1 is 0.889 bits per heavy atom. The normalized spacial score (nSPS) is 11.1. The maximum absolute atomic E-state index is 14.4. The number of hydrogen-bond acceptors (Lipinski definition) is 5. The molecule has 1 N–H and O–H groups in total. The van der Waals surface area contributed by atoms with Gasteiger partial charge in [-0.1, -0.05) is 66.7 Å². The van der Waals surface area contributed by atoms with E-state index in [1.165, 1.54) is 12.1 Å². The smallest absolute Gasteiger partial charge is 0.311 e. The summed E-state index contributed by atoms with van der Waals surface area (Å²) in [5.74, 6) is -0.0763. The number of benzene rings is 3. The lowest BCUT2D eigenvalue weighted by Gasteiger charge is -2.22. The van der Waals surface area contributed by atoms with Gasteiger partial charge in [-0.3, -0.25) is 10.1 Å². The van der Waals surface area contributed by atoms with Gasteiger partial charge in [0, 0.05) is 16.7 Å². The number of nitro groups is 1. The number of aliphatic hydroxyl groups excluding tert-OH is 1. The third-order valence-corrected chi connectivity index (χ3v) is 7.17. The Balaban J connectivity index is 2.33. The summed E-state index contributed by atoms with van der Waals surface area (Å²) in [6.07, 6.45) is 0. The number of aliphatic hydroxyl groups is 1. The molecular formula is C20H18NO5P. The van der Waals surface area contributed by atoms with Crippen LogP contribution in [0.4, 0.5) is 5.69 Å². The quantitative estimate of drug-likeness (QED) is 0.385. The van der Waals surface area contributed by atoms with E-state index in [1.54, 1.807) is 54.6 Å². The summed E-state index contributed by atoms with van der Waals surface area (Å²) in [5, 5.41) is 22.0. The summed E-state index contributed by atoms with van der Waals surface area (Å²) in [7, 11) is -3.43. The topological polar surface area (TPSA) is 89.7 Å². The second-order valence-corrected chi connectivity index (χ2v) is 8.47. The molecule has 0 saturated carbocycles. The van der Waals surface area contributed by atoms with E-state index in [4.69, 9.17) is 9.84 Å². The average Bonchev–Trinajstić information content (AvgIpc) is 2.72. The molecule has 0 bridgehead atoms. The van der Waals surface area contributed by atoms with Crippen LogP contribution < -0.4 is 20.7 Å². The first kappa shape index (κ1) is 18.8. The zero-order valence-corrected chi connectivity index (χ0v) is 15.3. The molecule has 0 aromatic heterocycles. The second kappa shape index (κ2) is 8.16. The van der Waals surface area contributed by atoms with Gasteiger partial charge < -0.3 is 14.4 Å². The molecule has 0 heterocycles. The molecule has 0 atom stereocenters. The van der Waals surface area contributed by atoms with Gasteiger partial charge in [0.15, 0.2) is 7.14 Å². The number of ether oxygens (including phenoxy) is 1. The van der Waals surface area contributed by atoms with Crippen molar-refractivity contribution in [1.29, 1.82) is 0 Å². The molecule has 6 nitrogen and oxygen atoms in total. The van der Waals surface area contributed by atoms with Gasteiger partial charge in [0.05, 0.1) is 16.8 Å². The minimum atomic E-state index is -3.43. The van der Waals surface area contributed by atoms with Crippen molar-refractivity contribution in [2.24, 2.45) is 0 Å². The van der Waals surface area contributed by atoms with E-state index in [9.17, 15) is 14.7 Å². The predicted octanol–water partition coefficient (Wildman–Crippen LogP) is 2.61. The van der Waals surface area contributed by atoms with Gasteiger partial charge in [-0.15, -0.1) is 0 Å². The van der Waals surface area contributed by atoms with E-state index in [-0.39, 0.29) is 30.0 Å². The van der Waals surface area contributed by atoms with Gasteiger partial charge in [0.2, 0.25) is 5.75 Å². The van der Waals surface area contributed by atoms with Crippen molar-refractivity contribution in [3.63, 3.8) is 0 Å². The van der Waals surface area contributed by atoms with Crippen LogP contribution in [0.1, 0.15) is 0 Å². The fourth-order valence-electron chi connectivity index (χ4n) is 2.90. The van der Waals surface area contributed by atoms with Crippen LogP contribution in [-0.2, 0) is 4.57 Å². The molecule has 0 saturated heterocycles. The first-order chi connectivity index (χ1) is 13.1. The largest absolute Gasteiger partial charge is 0.484 e. The maximum atomic E-state index is 14.4. The summed E-state index contributed by atoms with van der Waals surface area (Å²) in [5.41, 5.74) is -0.284. The van der Waals surface area contributed by atoms with Crippen molar-refractivity contribution in [3.8, 4) is 5.75 Å². The highest BCUT2D eigenvalue weighted by atomic mass is 31.2. The molecule has 27 heavy (non-hydrogen) atoms. The highest BCUT2D eigenvalue weighted by Gasteiger charge is 2.35. The Morgan fingerprint density at radius 3 is 1.93 bits per heavy atom. The first-order valence-electron chi connectivity index (χ1n) is 8.32. The van der Waals surface area contributed by atoms with Crippen LogP contribution in [0.2, 0.25) is 0 Å². The fourth-order valence-corrected chi connectivity index (χ4v) is 5.70. The molecule has 0 fully saturated rings. The van der Waals surface area contributed by atoms with Crippen LogP contribution in [0.3, 0.4) is 0 Å². The molecule has 0 unspecified atom stereocenters. The highest BCUT2D eigenvalue weighted by Crippen LogP contribution is 2.47. The zero-order valence-electron chi connectivity index (χ0n) is 14.4. The van der Waals surface area contributed by atoms with Crippen LogP contribution in [0.15, 0.2) is 78.9 Å². The molecule has 0 aliphatic rings. The van der Waals surface area contributed by atoms with Gasteiger partial charge in [-0.25, -0.2) is 0 Å². The highest BCUT2D eigenvalue weighted by molar-refractivity contribution is 7.85. The molecule has 0 aliphatic carbocycles. The number of para-hydroxylation sites is 1. The maximum Gasteiger partial charge on any atom is 0.311 e. The van der Waals surface area contributed by atoms with Crippen molar-refractivity contribution in [1.82, 2.24) is 0 Å². The van der Waals surface area contributed by atoms with Gasteiger partial charge in [-0.05, 0) is 6.07 Å². The van der Waals surface area contributed by atoms with Crippen molar-refractivity contribution in [2.75, 3.05) is 13.2 Å². The fraction of sp³-hybridized carbons (Fsp3) is 0.100. The van der Waals surface area contributed by atoms with Gasteiger partial charge in [0.25, 0.3) is 0 Å². The summed E-state index contributed by atoms with van der Waals surface area (Å²) in [6, 6.07) is 22.1. The number of nitro benzene ring substituents is 1. The molecule has 3 aromatic rings. The Hall–Kier alpha value is -2.95. The summed E-state index contributed by atoms with van der Waals surface area (Å²) in [4.78, 5) is 10.9. The molecular weight excluding hydrogens is 365 g/mol. The summed E-state index contributed by atoms with van der Waals surface area (Å²) < 4.78 is 19.9. The SMILES string of the molecule is O=[N+]([O-])c1cccc(P(=O)(c2ccccc2)c2ccccc2)c1OCCO. The monoisotopic (exact) mass is 383 g/mol. The number of hydrogen-bond donors (Lipinski definition) is 1. The zero-order chi connectivity index (χ0) is 19.3. The Bertz CT molecular complexity index is 933. The van der Waals surface area contributed by atoms with Crippen LogP contribution in [0.5, 0.6) is 5.75 Å². The lowest BCUT2D eigenvalue weighted by Crippen LogP contribution is -2.27. The van der Waals surface area contributed by atoms with Crippen molar-refractivity contribution in [2.45, 2.75) is 0 Å². The number of rotatable bonds is 7. The molecule has 0 spiro atoms. The van der Waals surface area contributed by atoms with E-state index in [2.05, 4.69) is 0 Å². The molecule has 0 radical (unpaired) electrons. The van der Waals surface area contributed by atoms with E-state index >= 15 is 0 Å². The Labute approximate surface area is 156 Å². The average molecular weight is 383 g/mol. The van der Waals surface area contributed by atoms with Gasteiger partial charge >= 0.3 is 5.69 Å². The van der Waals surface area contributed by atoms with E-state index in [0.29, 0.717) is 10.6 Å². The predicted molar refractivity (Wildman–Crippen MR) is 105 cm³/mol. The van der Waals surface area contributed by atoms with Gasteiger partial charge in [-0.2, -0.15) is 0 Å². The minimum absolute atomic E-state index is 0.0763. The van der Waals surface area contributed by atoms with Crippen LogP contribution in [0.25, 0.3) is 0 Å². The van der Waals surface area contributed by atoms with Crippen molar-refractivity contribution >= 4 is 28.7 Å². The van der Waals surface area contributed by atoms with Gasteiger partial charge in [0.1, 0.15) is 6.61 Å².